The molecule has 0 radical (unpaired) electrons. The molecule has 7 heteroatoms. The first-order valence-electron chi connectivity index (χ1n) is 6.51. The third-order valence-electron chi connectivity index (χ3n) is 3.38. The van der Waals surface area contributed by atoms with Gasteiger partial charge >= 0.3 is 0 Å². The van der Waals surface area contributed by atoms with Gasteiger partial charge < -0.3 is 4.90 Å². The smallest absolute Gasteiger partial charge is 0.271 e. The fraction of sp³-hybridized carbons (Fsp3) is 0.133. The van der Waals surface area contributed by atoms with Crippen LogP contribution in [0, 0.1) is 15.9 Å². The van der Waals surface area contributed by atoms with Crippen LogP contribution < -0.4 is 4.90 Å². The molecule has 2 aromatic carbocycles. The van der Waals surface area contributed by atoms with Gasteiger partial charge in [0.05, 0.1) is 22.9 Å². The second-order valence-corrected chi connectivity index (χ2v) is 5.79. The topological polar surface area (TPSA) is 63.4 Å². The second-order valence-electron chi connectivity index (χ2n) is 4.77. The number of thioether (sulfide) groups is 1. The fourth-order valence-electron chi connectivity index (χ4n) is 2.27. The second kappa shape index (κ2) is 5.76. The minimum absolute atomic E-state index is 0.0558. The number of non-ortho nitro benzene ring substituents is 1. The number of amides is 1. The summed E-state index contributed by atoms with van der Waals surface area (Å²) in [6, 6.07) is 10.6. The molecule has 1 aliphatic heterocycles. The summed E-state index contributed by atoms with van der Waals surface area (Å²) in [6.07, 6.45) is 0. The number of benzene rings is 2. The van der Waals surface area contributed by atoms with Crippen LogP contribution in [0.4, 0.5) is 15.8 Å². The molecule has 1 aliphatic rings. The number of hydrogen-bond donors (Lipinski definition) is 0. The molecule has 0 fully saturated rings. The Morgan fingerprint density at radius 3 is 2.77 bits per heavy atom. The van der Waals surface area contributed by atoms with E-state index >= 15 is 0 Å². The Morgan fingerprint density at radius 1 is 1.27 bits per heavy atom. The molecule has 0 atom stereocenters. The zero-order chi connectivity index (χ0) is 15.7. The predicted molar refractivity (Wildman–Crippen MR) is 81.4 cm³/mol. The molecule has 0 aliphatic carbocycles. The van der Waals surface area contributed by atoms with Gasteiger partial charge in [-0.15, -0.1) is 11.8 Å². The van der Waals surface area contributed by atoms with Gasteiger partial charge in [0.15, 0.2) is 0 Å². The van der Waals surface area contributed by atoms with Gasteiger partial charge in [-0.2, -0.15) is 0 Å². The van der Waals surface area contributed by atoms with Crippen molar-refractivity contribution >= 4 is 29.0 Å². The van der Waals surface area contributed by atoms with Crippen LogP contribution >= 0.6 is 11.8 Å². The van der Waals surface area contributed by atoms with Crippen LogP contribution in [0.2, 0.25) is 0 Å². The van der Waals surface area contributed by atoms with Crippen LogP contribution in [0.15, 0.2) is 47.4 Å². The third-order valence-corrected chi connectivity index (χ3v) is 4.43. The maximum absolute atomic E-state index is 13.8. The molecule has 5 nitrogen and oxygen atoms in total. The van der Waals surface area contributed by atoms with Crippen LogP contribution in [0.1, 0.15) is 5.56 Å². The quantitative estimate of drug-likeness (QED) is 0.643. The van der Waals surface area contributed by atoms with Gasteiger partial charge in [-0.05, 0) is 12.1 Å². The van der Waals surface area contributed by atoms with E-state index in [9.17, 15) is 19.3 Å². The average Bonchev–Trinajstić information content (AvgIpc) is 2.51. The summed E-state index contributed by atoms with van der Waals surface area (Å²) in [5, 5.41) is 10.9. The zero-order valence-corrected chi connectivity index (χ0v) is 12.2. The van der Waals surface area contributed by atoms with Crippen LogP contribution in [-0.4, -0.2) is 16.6 Å². The highest BCUT2D eigenvalue weighted by atomic mass is 32.2. The molecule has 3 rings (SSSR count). The number of hydrogen-bond acceptors (Lipinski definition) is 4. The van der Waals surface area contributed by atoms with Gasteiger partial charge in [-0.1, -0.05) is 18.2 Å². The summed E-state index contributed by atoms with van der Waals surface area (Å²) < 4.78 is 13.8. The SMILES string of the molecule is O=C1CSc2ccc([N+](=O)[O-])cc2N1Cc1ccccc1F. The molecular weight excluding hydrogens is 307 g/mol. The van der Waals surface area contributed by atoms with Gasteiger partial charge in [-0.25, -0.2) is 4.39 Å². The Hall–Kier alpha value is -2.41. The molecule has 0 unspecified atom stereocenters. The number of nitro groups is 1. The summed E-state index contributed by atoms with van der Waals surface area (Å²) in [5.74, 6) is -0.360. The zero-order valence-electron chi connectivity index (χ0n) is 11.4. The van der Waals surface area contributed by atoms with Crippen molar-refractivity contribution < 1.29 is 14.1 Å². The molecule has 22 heavy (non-hydrogen) atoms. The van der Waals surface area contributed by atoms with Crippen LogP contribution in [0.5, 0.6) is 0 Å². The largest absolute Gasteiger partial charge is 0.306 e. The lowest BCUT2D eigenvalue weighted by molar-refractivity contribution is -0.384. The number of rotatable bonds is 3. The summed E-state index contributed by atoms with van der Waals surface area (Å²) in [4.78, 5) is 24.8. The van der Waals surface area contributed by atoms with E-state index in [4.69, 9.17) is 0 Å². The van der Waals surface area contributed by atoms with E-state index in [-0.39, 0.29) is 23.9 Å². The number of carbonyl (C=O) groups is 1. The standard InChI is InChI=1S/C15H11FN2O3S/c16-12-4-2-1-3-10(12)8-17-13-7-11(18(20)21)5-6-14(13)22-9-15(17)19/h1-7H,8-9H2. The van der Waals surface area contributed by atoms with Gasteiger partial charge in [0.1, 0.15) is 5.82 Å². The Balaban J connectivity index is 2.01. The normalized spacial score (nSPS) is 13.9. The summed E-state index contributed by atoms with van der Waals surface area (Å²) in [6.45, 7) is 0.0558. The Morgan fingerprint density at radius 2 is 2.05 bits per heavy atom. The third kappa shape index (κ3) is 2.67. The van der Waals surface area contributed by atoms with Crippen LogP contribution in [0.25, 0.3) is 0 Å². The molecule has 0 aromatic heterocycles. The minimum Gasteiger partial charge on any atom is -0.306 e. The fourth-order valence-corrected chi connectivity index (χ4v) is 3.19. The highest BCUT2D eigenvalue weighted by Gasteiger charge is 2.27. The van der Waals surface area contributed by atoms with E-state index in [2.05, 4.69) is 0 Å². The summed E-state index contributed by atoms with van der Waals surface area (Å²) in [5.41, 5.74) is 0.742. The summed E-state index contributed by atoms with van der Waals surface area (Å²) in [7, 11) is 0. The van der Waals surface area contributed by atoms with E-state index in [0.717, 1.165) is 4.90 Å². The van der Waals surface area contributed by atoms with Crippen molar-refractivity contribution in [1.82, 2.24) is 0 Å². The van der Waals surface area contributed by atoms with Gasteiger partial charge in [0.2, 0.25) is 5.91 Å². The minimum atomic E-state index is -0.509. The van der Waals surface area contributed by atoms with Gasteiger partial charge in [0, 0.05) is 22.6 Å². The van der Waals surface area contributed by atoms with E-state index in [0.29, 0.717) is 11.3 Å². The van der Waals surface area contributed by atoms with Crippen LogP contribution in [-0.2, 0) is 11.3 Å². The number of nitrogens with zero attached hydrogens (tertiary/aromatic N) is 2. The molecule has 0 bridgehead atoms. The van der Waals surface area contributed by atoms with E-state index in [1.165, 1.54) is 34.9 Å². The molecule has 0 saturated heterocycles. The lowest BCUT2D eigenvalue weighted by atomic mass is 10.1. The molecule has 0 saturated carbocycles. The summed E-state index contributed by atoms with van der Waals surface area (Å²) >= 11 is 1.33. The number of carbonyl (C=O) groups excluding carboxylic acids is 1. The van der Waals surface area contributed by atoms with Crippen molar-refractivity contribution in [3.05, 3.63) is 64.0 Å². The van der Waals surface area contributed by atoms with E-state index in [1.54, 1.807) is 24.3 Å². The van der Waals surface area contributed by atoms with Crippen molar-refractivity contribution in [3.8, 4) is 0 Å². The number of fused-ring (bicyclic) bond motifs is 1. The van der Waals surface area contributed by atoms with Crippen molar-refractivity contribution in [1.29, 1.82) is 0 Å². The maximum atomic E-state index is 13.8. The first-order chi connectivity index (χ1) is 10.6. The Kier molecular flexibility index (Phi) is 3.81. The molecule has 0 spiro atoms. The average molecular weight is 318 g/mol. The Labute approximate surface area is 129 Å². The molecule has 1 heterocycles. The molecule has 2 aromatic rings. The first kappa shape index (κ1) is 14.5. The number of nitro benzene ring substituents is 1. The molecule has 112 valence electrons. The van der Waals surface area contributed by atoms with Crippen molar-refractivity contribution in [3.63, 3.8) is 0 Å². The molecule has 1 amide bonds. The molecular formula is C15H11FN2O3S. The van der Waals surface area contributed by atoms with Crippen molar-refractivity contribution in [2.75, 3.05) is 10.7 Å². The van der Waals surface area contributed by atoms with E-state index < -0.39 is 10.7 Å². The molecule has 0 N–H and O–H groups in total. The number of halogens is 1. The highest BCUT2D eigenvalue weighted by Crippen LogP contribution is 2.38. The van der Waals surface area contributed by atoms with Crippen LogP contribution in [0.3, 0.4) is 0 Å². The highest BCUT2D eigenvalue weighted by molar-refractivity contribution is 8.00. The number of anilines is 1. The Bertz CT molecular complexity index is 766. The monoisotopic (exact) mass is 318 g/mol. The van der Waals surface area contributed by atoms with Gasteiger partial charge in [0.25, 0.3) is 5.69 Å². The van der Waals surface area contributed by atoms with Crippen molar-refractivity contribution in [2.24, 2.45) is 0 Å². The first-order valence-corrected chi connectivity index (χ1v) is 7.50. The predicted octanol–water partition coefficient (Wildman–Crippen LogP) is 3.37. The van der Waals surface area contributed by atoms with Crippen molar-refractivity contribution in [2.45, 2.75) is 11.4 Å². The lowest BCUT2D eigenvalue weighted by Crippen LogP contribution is -2.35. The maximum Gasteiger partial charge on any atom is 0.271 e. The lowest BCUT2D eigenvalue weighted by Gasteiger charge is -2.28. The van der Waals surface area contributed by atoms with Gasteiger partial charge in [-0.3, -0.25) is 14.9 Å². The van der Waals surface area contributed by atoms with E-state index in [1.807, 2.05) is 0 Å².